The van der Waals surface area contributed by atoms with Crippen LogP contribution in [0.2, 0.25) is 10.0 Å². The van der Waals surface area contributed by atoms with Crippen LogP contribution in [0, 0.1) is 0 Å². The average Bonchev–Trinajstić information content (AvgIpc) is 2.25. The Morgan fingerprint density at radius 1 is 1.25 bits per heavy atom. The zero-order valence-corrected chi connectivity index (χ0v) is 13.8. The molecule has 0 aromatic heterocycles. The fourth-order valence-electron chi connectivity index (χ4n) is 1.70. The highest BCUT2D eigenvalue weighted by molar-refractivity contribution is 7.89. The summed E-state index contributed by atoms with van der Waals surface area (Å²) in [5, 5.41) is 0.327. The lowest BCUT2D eigenvalue weighted by molar-refractivity contribution is 0.394. The number of nitrogens with zero attached hydrogens (tertiary/aromatic N) is 1. The van der Waals surface area contributed by atoms with Crippen molar-refractivity contribution >= 4 is 38.9 Å². The zero-order chi connectivity index (χ0) is 15.3. The van der Waals surface area contributed by atoms with Crippen LogP contribution in [0.5, 0.6) is 0 Å². The molecule has 0 fully saturated rings. The first-order valence-corrected chi connectivity index (χ1v) is 8.37. The maximum atomic E-state index is 12.2. The van der Waals surface area contributed by atoms with Crippen LogP contribution >= 0.6 is 23.2 Å². The lowest BCUT2D eigenvalue weighted by Crippen LogP contribution is -2.26. The van der Waals surface area contributed by atoms with Crippen LogP contribution in [-0.4, -0.2) is 40.5 Å². The number of hydrogen-bond acceptors (Lipinski definition) is 4. The van der Waals surface area contributed by atoms with E-state index in [9.17, 15) is 8.42 Å². The molecule has 20 heavy (non-hydrogen) atoms. The highest BCUT2D eigenvalue weighted by Crippen LogP contribution is 2.30. The predicted octanol–water partition coefficient (Wildman–Crippen LogP) is 2.20. The second-order valence-corrected chi connectivity index (χ2v) is 7.26. The summed E-state index contributed by atoms with van der Waals surface area (Å²) in [7, 11) is 0.223. The monoisotopic (exact) mass is 339 g/mol. The molecule has 0 saturated carbocycles. The molecule has 0 amide bonds. The molecule has 0 bridgehead atoms. The number of anilines is 1. The molecular formula is C12H19Cl2N3O2S. The molecule has 0 spiro atoms. The number of benzene rings is 1. The minimum absolute atomic E-state index is 0.0239. The Balaban J connectivity index is 2.70. The quantitative estimate of drug-likeness (QED) is 0.589. The number of nitrogens with one attached hydrogen (secondary N) is 1. The van der Waals surface area contributed by atoms with E-state index < -0.39 is 10.0 Å². The van der Waals surface area contributed by atoms with Crippen LogP contribution in [0.3, 0.4) is 0 Å². The molecule has 8 heteroatoms. The molecule has 0 heterocycles. The van der Waals surface area contributed by atoms with Crippen LogP contribution < -0.4 is 10.5 Å². The molecule has 114 valence electrons. The van der Waals surface area contributed by atoms with Gasteiger partial charge in [0.2, 0.25) is 10.0 Å². The summed E-state index contributed by atoms with van der Waals surface area (Å²) in [6.45, 7) is 1.25. The number of sulfonamides is 1. The first-order chi connectivity index (χ1) is 9.24. The van der Waals surface area contributed by atoms with Crippen LogP contribution in [0.25, 0.3) is 0 Å². The number of nitrogen functional groups attached to an aromatic ring is 1. The van der Waals surface area contributed by atoms with Crippen LogP contribution in [0.1, 0.15) is 12.8 Å². The van der Waals surface area contributed by atoms with Gasteiger partial charge in [-0.3, -0.25) is 0 Å². The lowest BCUT2D eigenvalue weighted by atomic mass is 10.3. The number of nitrogens with two attached hydrogens (primary N) is 1. The van der Waals surface area contributed by atoms with Crippen molar-refractivity contribution in [2.75, 3.05) is 32.9 Å². The van der Waals surface area contributed by atoms with Gasteiger partial charge in [-0.2, -0.15) is 0 Å². The Labute approximate surface area is 130 Å². The van der Waals surface area contributed by atoms with Crippen LogP contribution in [0.4, 0.5) is 5.69 Å². The lowest BCUT2D eigenvalue weighted by Gasteiger charge is -2.12. The Bertz CT molecular complexity index is 539. The van der Waals surface area contributed by atoms with Gasteiger partial charge in [0.25, 0.3) is 0 Å². The average molecular weight is 340 g/mol. The van der Waals surface area contributed by atoms with Crippen molar-refractivity contribution in [2.24, 2.45) is 0 Å². The van der Waals surface area contributed by atoms with E-state index in [1.165, 1.54) is 12.1 Å². The van der Waals surface area contributed by atoms with Gasteiger partial charge in [0.15, 0.2) is 0 Å². The maximum Gasteiger partial charge on any atom is 0.244 e. The van der Waals surface area contributed by atoms with E-state index in [0.29, 0.717) is 11.6 Å². The zero-order valence-electron chi connectivity index (χ0n) is 11.5. The van der Waals surface area contributed by atoms with Gasteiger partial charge >= 0.3 is 0 Å². The van der Waals surface area contributed by atoms with E-state index in [1.54, 1.807) is 0 Å². The van der Waals surface area contributed by atoms with Gasteiger partial charge in [0.1, 0.15) is 4.90 Å². The highest BCUT2D eigenvalue weighted by Gasteiger charge is 2.21. The molecular weight excluding hydrogens is 321 g/mol. The molecule has 0 aliphatic heterocycles. The summed E-state index contributed by atoms with van der Waals surface area (Å²) in [5.74, 6) is 0. The number of hydrogen-bond donors (Lipinski definition) is 2. The van der Waals surface area contributed by atoms with E-state index in [1.807, 2.05) is 19.0 Å². The first kappa shape index (κ1) is 17.5. The molecule has 1 aromatic rings. The van der Waals surface area contributed by atoms with E-state index in [0.717, 1.165) is 19.4 Å². The minimum atomic E-state index is -3.72. The van der Waals surface area contributed by atoms with Crippen molar-refractivity contribution < 1.29 is 8.42 Å². The molecule has 0 radical (unpaired) electrons. The van der Waals surface area contributed by atoms with Gasteiger partial charge < -0.3 is 10.6 Å². The maximum absolute atomic E-state index is 12.2. The molecule has 3 N–H and O–H groups in total. The highest BCUT2D eigenvalue weighted by atomic mass is 35.5. The van der Waals surface area contributed by atoms with Gasteiger partial charge in [-0.15, -0.1) is 0 Å². The van der Waals surface area contributed by atoms with Crippen molar-refractivity contribution in [2.45, 2.75) is 17.7 Å². The van der Waals surface area contributed by atoms with Crippen LogP contribution in [-0.2, 0) is 10.0 Å². The van der Waals surface area contributed by atoms with E-state index in [2.05, 4.69) is 4.72 Å². The number of rotatable bonds is 7. The van der Waals surface area contributed by atoms with Crippen molar-refractivity contribution in [3.05, 3.63) is 22.2 Å². The Morgan fingerprint density at radius 2 is 1.90 bits per heavy atom. The summed E-state index contributed by atoms with van der Waals surface area (Å²) in [4.78, 5) is 1.93. The Hall–Kier alpha value is -0.530. The van der Waals surface area contributed by atoms with Gasteiger partial charge in [-0.1, -0.05) is 23.2 Å². The summed E-state index contributed by atoms with van der Waals surface area (Å²) >= 11 is 11.7. The van der Waals surface area contributed by atoms with Crippen molar-refractivity contribution in [1.82, 2.24) is 9.62 Å². The Morgan fingerprint density at radius 3 is 2.45 bits per heavy atom. The second kappa shape index (κ2) is 7.47. The van der Waals surface area contributed by atoms with Crippen LogP contribution in [0.15, 0.2) is 17.0 Å². The fourth-order valence-corrected chi connectivity index (χ4v) is 3.75. The molecule has 0 aliphatic carbocycles. The van der Waals surface area contributed by atoms with Crippen molar-refractivity contribution in [1.29, 1.82) is 0 Å². The third-order valence-electron chi connectivity index (χ3n) is 2.63. The smallest absolute Gasteiger partial charge is 0.244 e. The van der Waals surface area contributed by atoms with Gasteiger partial charge in [-0.05, 0) is 45.6 Å². The predicted molar refractivity (Wildman–Crippen MR) is 83.9 cm³/mol. The van der Waals surface area contributed by atoms with Gasteiger partial charge in [0.05, 0.1) is 10.7 Å². The van der Waals surface area contributed by atoms with E-state index in [4.69, 9.17) is 28.9 Å². The summed E-state index contributed by atoms with van der Waals surface area (Å²) in [6, 6.07) is 2.73. The molecule has 1 aromatic carbocycles. The second-order valence-electron chi connectivity index (χ2n) is 4.71. The molecule has 5 nitrogen and oxygen atoms in total. The van der Waals surface area contributed by atoms with Crippen molar-refractivity contribution in [3.63, 3.8) is 0 Å². The Kier molecular flexibility index (Phi) is 6.54. The molecule has 0 unspecified atom stereocenters. The summed E-state index contributed by atoms with van der Waals surface area (Å²) < 4.78 is 26.8. The molecule has 1 rings (SSSR count). The van der Waals surface area contributed by atoms with Crippen molar-refractivity contribution in [3.8, 4) is 0 Å². The largest absolute Gasteiger partial charge is 0.398 e. The van der Waals surface area contributed by atoms with E-state index in [-0.39, 0.29) is 15.6 Å². The third kappa shape index (κ3) is 5.10. The minimum Gasteiger partial charge on any atom is -0.398 e. The SMILES string of the molecule is CN(C)CCCCNS(=O)(=O)c1c(N)cc(Cl)cc1Cl. The van der Waals surface area contributed by atoms with E-state index >= 15 is 0 Å². The molecule has 0 atom stereocenters. The number of unbranched alkanes of at least 4 members (excludes halogenated alkanes) is 1. The normalized spacial score (nSPS) is 12.1. The molecule has 0 saturated heterocycles. The number of halogens is 2. The summed E-state index contributed by atoms with van der Waals surface area (Å²) in [6.07, 6.45) is 1.64. The summed E-state index contributed by atoms with van der Waals surface area (Å²) in [5.41, 5.74) is 5.73. The topological polar surface area (TPSA) is 75.4 Å². The third-order valence-corrected chi connectivity index (χ3v) is 4.84. The standard InChI is InChI=1S/C12H19Cl2N3O2S/c1-17(2)6-4-3-5-16-20(18,19)12-10(14)7-9(13)8-11(12)15/h7-8,16H,3-6,15H2,1-2H3. The molecule has 0 aliphatic rings. The van der Waals surface area contributed by atoms with Gasteiger partial charge in [0, 0.05) is 11.6 Å². The van der Waals surface area contributed by atoms with Gasteiger partial charge in [-0.25, -0.2) is 13.1 Å². The first-order valence-electron chi connectivity index (χ1n) is 6.13. The fraction of sp³-hybridized carbons (Fsp3) is 0.500.